The molecule has 0 aliphatic carbocycles. The number of carbonyl (C=O) groups excluding carboxylic acids is 1. The molecule has 2 aliphatic heterocycles. The Hall–Kier alpha value is -1.08. The molecule has 2 N–H and O–H groups in total. The number of hydrogen-bond acceptors (Lipinski definition) is 5. The number of aliphatic hydroxyl groups is 2. The van der Waals surface area contributed by atoms with E-state index in [4.69, 9.17) is 0 Å². The van der Waals surface area contributed by atoms with E-state index >= 15 is 0 Å². The van der Waals surface area contributed by atoms with Crippen LogP contribution < -0.4 is 0 Å². The van der Waals surface area contributed by atoms with Crippen LogP contribution in [0, 0.1) is 0 Å². The first kappa shape index (κ1) is 13.9. The first-order valence-electron chi connectivity index (χ1n) is 6.73. The zero-order valence-electron chi connectivity index (χ0n) is 11.3. The Kier molecular flexibility index (Phi) is 3.72. The second-order valence-corrected chi connectivity index (χ2v) is 6.06. The fraction of sp³-hybridized carbons (Fsp3) is 0.500. The van der Waals surface area contributed by atoms with E-state index in [0.717, 1.165) is 12.8 Å². The summed E-state index contributed by atoms with van der Waals surface area (Å²) in [7, 11) is 0. The van der Waals surface area contributed by atoms with Crippen molar-refractivity contribution in [2.45, 2.75) is 30.5 Å². The maximum atomic E-state index is 12.5. The van der Waals surface area contributed by atoms with Crippen molar-refractivity contribution >= 4 is 17.7 Å². The van der Waals surface area contributed by atoms with Crippen molar-refractivity contribution in [3.63, 3.8) is 0 Å². The zero-order valence-corrected chi connectivity index (χ0v) is 12.1. The van der Waals surface area contributed by atoms with Crippen LogP contribution in [0.3, 0.4) is 0 Å². The summed E-state index contributed by atoms with van der Waals surface area (Å²) in [6.45, 7) is 0.585. The van der Waals surface area contributed by atoms with Gasteiger partial charge in [0.1, 0.15) is 5.44 Å². The Morgan fingerprint density at radius 3 is 2.90 bits per heavy atom. The van der Waals surface area contributed by atoms with Gasteiger partial charge in [0, 0.05) is 17.7 Å². The Morgan fingerprint density at radius 2 is 2.15 bits per heavy atom. The summed E-state index contributed by atoms with van der Waals surface area (Å²) in [4.78, 5) is 12.5. The summed E-state index contributed by atoms with van der Waals surface area (Å²) >= 11 is 1.34. The van der Waals surface area contributed by atoms with Crippen molar-refractivity contribution in [3.8, 4) is 0 Å². The van der Waals surface area contributed by atoms with Crippen molar-refractivity contribution in [1.29, 1.82) is 0 Å². The van der Waals surface area contributed by atoms with Gasteiger partial charge in [-0.25, -0.2) is 0 Å². The van der Waals surface area contributed by atoms with E-state index in [0.29, 0.717) is 17.7 Å². The van der Waals surface area contributed by atoms with Gasteiger partial charge >= 0.3 is 0 Å². The molecule has 0 saturated carbocycles. The number of benzene rings is 1. The molecule has 6 heteroatoms. The minimum absolute atomic E-state index is 0.0936. The van der Waals surface area contributed by atoms with E-state index in [9.17, 15) is 15.0 Å². The van der Waals surface area contributed by atoms with Gasteiger partial charge < -0.3 is 10.2 Å². The lowest BCUT2D eigenvalue weighted by Crippen LogP contribution is -2.61. The molecular formula is C14H18N2O3S. The predicted molar refractivity (Wildman–Crippen MR) is 76.8 cm³/mol. The van der Waals surface area contributed by atoms with Crippen molar-refractivity contribution < 1.29 is 15.0 Å². The summed E-state index contributed by atoms with van der Waals surface area (Å²) in [5.41, 5.74) is 0.551. The van der Waals surface area contributed by atoms with Crippen LogP contribution in [0.1, 0.15) is 35.0 Å². The lowest BCUT2D eigenvalue weighted by molar-refractivity contribution is -0.181. The van der Waals surface area contributed by atoms with Crippen LogP contribution in [0.5, 0.6) is 0 Å². The van der Waals surface area contributed by atoms with Crippen LogP contribution in [-0.2, 0) is 0 Å². The van der Waals surface area contributed by atoms with E-state index < -0.39 is 11.7 Å². The average molecular weight is 294 g/mol. The van der Waals surface area contributed by atoms with E-state index in [1.165, 1.54) is 11.8 Å². The molecule has 3 rings (SSSR count). The number of aliphatic hydroxyl groups excluding tert-OH is 2. The van der Waals surface area contributed by atoms with Crippen LogP contribution in [0.25, 0.3) is 0 Å². The van der Waals surface area contributed by atoms with Crippen LogP contribution in [0.2, 0.25) is 0 Å². The number of nitrogens with zero attached hydrogens (tertiary/aromatic N) is 2. The molecule has 0 spiro atoms. The molecule has 1 fully saturated rings. The molecule has 0 radical (unpaired) electrons. The predicted octanol–water partition coefficient (Wildman–Crippen LogP) is 1.19. The van der Waals surface area contributed by atoms with Crippen LogP contribution in [0.4, 0.5) is 0 Å². The quantitative estimate of drug-likeness (QED) is 0.802. The smallest absolute Gasteiger partial charge is 0.268 e. The largest absolute Gasteiger partial charge is 0.381 e. The summed E-state index contributed by atoms with van der Waals surface area (Å²) in [6.07, 6.45) is 2.55. The number of hydrogen-bond donors (Lipinski definition) is 2. The van der Waals surface area contributed by atoms with Crippen LogP contribution in [0.15, 0.2) is 24.3 Å². The standard InChI is InChI=1S/C14H18N2O3S/c1-20-14(19)11-7-4-8-15-12(17)9-5-2-3-6-10(9)13(18)16(11)15/h2-3,5-6,11,13-14,18-19H,4,7-8H2,1H3. The molecule has 3 unspecified atom stereocenters. The number of amides is 1. The molecule has 108 valence electrons. The van der Waals surface area contributed by atoms with Gasteiger partial charge in [-0.05, 0) is 25.2 Å². The Labute approximate surface area is 122 Å². The lowest BCUT2D eigenvalue weighted by atomic mass is 9.98. The highest BCUT2D eigenvalue weighted by Gasteiger charge is 2.44. The number of fused-ring (bicyclic) bond motifs is 2. The molecule has 1 aromatic rings. The van der Waals surface area contributed by atoms with Gasteiger partial charge in [0.15, 0.2) is 6.23 Å². The van der Waals surface area contributed by atoms with Crippen molar-refractivity contribution in [2.24, 2.45) is 0 Å². The third-order valence-electron chi connectivity index (χ3n) is 4.01. The summed E-state index contributed by atoms with van der Waals surface area (Å²) in [6, 6.07) is 6.89. The third kappa shape index (κ3) is 2.03. The SMILES string of the molecule is CSC(O)C1CCCN2C(=O)c3ccccc3C(O)N12. The molecule has 1 aromatic carbocycles. The van der Waals surface area contributed by atoms with Gasteiger partial charge in [-0.2, -0.15) is 5.01 Å². The number of rotatable bonds is 2. The van der Waals surface area contributed by atoms with E-state index in [1.807, 2.05) is 12.3 Å². The second-order valence-electron chi connectivity index (χ2n) is 5.11. The van der Waals surface area contributed by atoms with Gasteiger partial charge in [-0.15, -0.1) is 11.8 Å². The maximum Gasteiger partial charge on any atom is 0.268 e. The second kappa shape index (κ2) is 5.37. The number of thioether (sulfide) groups is 1. The third-order valence-corrected chi connectivity index (χ3v) is 4.81. The van der Waals surface area contributed by atoms with E-state index in [2.05, 4.69) is 0 Å². The summed E-state index contributed by atoms with van der Waals surface area (Å²) in [5.74, 6) is -0.0936. The fourth-order valence-corrected chi connectivity index (χ4v) is 3.60. The summed E-state index contributed by atoms with van der Waals surface area (Å²) in [5, 5.41) is 24.0. The Balaban J connectivity index is 2.03. The van der Waals surface area contributed by atoms with Gasteiger partial charge in [-0.3, -0.25) is 9.80 Å². The highest BCUT2D eigenvalue weighted by Crippen LogP contribution is 2.37. The monoisotopic (exact) mass is 294 g/mol. The topological polar surface area (TPSA) is 64.0 Å². The first-order valence-corrected chi connectivity index (χ1v) is 8.02. The first-order chi connectivity index (χ1) is 9.65. The highest BCUT2D eigenvalue weighted by atomic mass is 32.2. The van der Waals surface area contributed by atoms with E-state index in [1.54, 1.807) is 28.2 Å². The van der Waals surface area contributed by atoms with E-state index in [-0.39, 0.29) is 11.9 Å². The minimum Gasteiger partial charge on any atom is -0.381 e. The molecule has 5 nitrogen and oxygen atoms in total. The zero-order chi connectivity index (χ0) is 14.3. The molecule has 1 amide bonds. The van der Waals surface area contributed by atoms with Crippen LogP contribution >= 0.6 is 11.8 Å². The molecular weight excluding hydrogens is 276 g/mol. The highest BCUT2D eigenvalue weighted by molar-refractivity contribution is 7.99. The Bertz CT molecular complexity index is 525. The normalized spacial score (nSPS) is 27.9. The van der Waals surface area contributed by atoms with Crippen molar-refractivity contribution in [2.75, 3.05) is 12.8 Å². The molecule has 2 heterocycles. The molecule has 0 aromatic heterocycles. The van der Waals surface area contributed by atoms with Gasteiger partial charge in [0.05, 0.1) is 6.04 Å². The van der Waals surface area contributed by atoms with Crippen LogP contribution in [-0.4, -0.2) is 50.4 Å². The Morgan fingerprint density at radius 1 is 1.40 bits per heavy atom. The van der Waals surface area contributed by atoms with Gasteiger partial charge in [0.2, 0.25) is 0 Å². The molecule has 0 bridgehead atoms. The maximum absolute atomic E-state index is 12.5. The molecule has 2 aliphatic rings. The number of carbonyl (C=O) groups is 1. The van der Waals surface area contributed by atoms with Gasteiger partial charge in [0.25, 0.3) is 5.91 Å². The molecule has 3 atom stereocenters. The van der Waals surface area contributed by atoms with Gasteiger partial charge in [-0.1, -0.05) is 18.2 Å². The minimum atomic E-state index is -0.879. The number of hydrazine groups is 1. The van der Waals surface area contributed by atoms with Crippen molar-refractivity contribution in [3.05, 3.63) is 35.4 Å². The summed E-state index contributed by atoms with van der Waals surface area (Å²) < 4.78 is 0. The van der Waals surface area contributed by atoms with Crippen molar-refractivity contribution in [1.82, 2.24) is 10.0 Å². The lowest BCUT2D eigenvalue weighted by Gasteiger charge is -2.50. The average Bonchev–Trinajstić information content (AvgIpc) is 2.51. The molecule has 1 saturated heterocycles. The molecule has 20 heavy (non-hydrogen) atoms. The fourth-order valence-electron chi connectivity index (χ4n) is 3.03.